The lowest BCUT2D eigenvalue weighted by molar-refractivity contribution is 0.0964. The molecule has 0 aromatic carbocycles. The van der Waals surface area contributed by atoms with Crippen molar-refractivity contribution >= 4 is 11.6 Å². The molecule has 1 aliphatic rings. The largest absolute Gasteiger partial charge is 0.360 e. The quantitative estimate of drug-likeness (QED) is 0.304. The van der Waals surface area contributed by atoms with E-state index in [0.717, 1.165) is 0 Å². The summed E-state index contributed by atoms with van der Waals surface area (Å²) in [5.74, 6) is -1.01. The number of nitrogens with one attached hydrogen (secondary N) is 4. The highest BCUT2D eigenvalue weighted by Gasteiger charge is 2.38. The van der Waals surface area contributed by atoms with Crippen molar-refractivity contribution in [1.82, 2.24) is 39.9 Å². The first-order chi connectivity index (χ1) is 17.7. The Kier molecular flexibility index (Phi) is 4.21. The number of fused-ring (bicyclic) bond motifs is 2. The summed E-state index contributed by atoms with van der Waals surface area (Å²) in [5.41, 5.74) is 4.28. The summed E-state index contributed by atoms with van der Waals surface area (Å²) in [6, 6.07) is 14.6. The van der Waals surface area contributed by atoms with Crippen LogP contribution in [0.2, 0.25) is 0 Å². The van der Waals surface area contributed by atoms with Crippen molar-refractivity contribution in [2.75, 3.05) is 0 Å². The maximum atomic E-state index is 13.7. The molecule has 6 aromatic heterocycles. The smallest absolute Gasteiger partial charge is 0.234 e. The van der Waals surface area contributed by atoms with Gasteiger partial charge in [0.15, 0.2) is 0 Å². The molecule has 0 fully saturated rings. The minimum absolute atomic E-state index is 0.0493. The van der Waals surface area contributed by atoms with E-state index in [0.29, 0.717) is 45.6 Å². The van der Waals surface area contributed by atoms with Gasteiger partial charge in [-0.2, -0.15) is 0 Å². The minimum atomic E-state index is -0.503. The van der Waals surface area contributed by atoms with Crippen molar-refractivity contribution in [1.29, 1.82) is 0 Å². The molecule has 0 saturated heterocycles. The highest BCUT2D eigenvalue weighted by molar-refractivity contribution is 6.26. The van der Waals surface area contributed by atoms with Crippen LogP contribution in [0, 0.1) is 0 Å². The number of carbonyl (C=O) groups is 2. The molecule has 0 amide bonds. The number of carbonyl (C=O) groups excluding carboxylic acids is 2. The van der Waals surface area contributed by atoms with Gasteiger partial charge < -0.3 is 19.9 Å². The Hall–Kier alpha value is -5.38. The number of aromatic nitrogens is 8. The summed E-state index contributed by atoms with van der Waals surface area (Å²) in [5, 5.41) is 0. The molecule has 0 spiro atoms. The van der Waals surface area contributed by atoms with Crippen LogP contribution in [0.3, 0.4) is 0 Å². The minimum Gasteiger partial charge on any atom is -0.360 e. The van der Waals surface area contributed by atoms with Gasteiger partial charge in [0, 0.05) is 24.8 Å². The molecule has 10 heteroatoms. The zero-order chi connectivity index (χ0) is 24.2. The molecule has 0 aliphatic heterocycles. The molecule has 1 aliphatic carbocycles. The van der Waals surface area contributed by atoms with Crippen LogP contribution in [0.4, 0.5) is 0 Å². The van der Waals surface area contributed by atoms with Gasteiger partial charge in [0.05, 0.1) is 22.8 Å². The highest BCUT2D eigenvalue weighted by atomic mass is 16.1. The Bertz CT molecular complexity index is 1490. The van der Waals surface area contributed by atoms with Gasteiger partial charge in [-0.05, 0) is 48.5 Å². The Balaban J connectivity index is 1.48. The van der Waals surface area contributed by atoms with Gasteiger partial charge >= 0.3 is 0 Å². The van der Waals surface area contributed by atoms with Crippen LogP contribution in [-0.4, -0.2) is 51.4 Å². The second-order valence-corrected chi connectivity index (χ2v) is 8.23. The Morgan fingerprint density at radius 2 is 0.639 bits per heavy atom. The molecule has 4 N–H and O–H groups in total. The van der Waals surface area contributed by atoms with Gasteiger partial charge in [-0.15, -0.1) is 0 Å². The van der Waals surface area contributed by atoms with Crippen molar-refractivity contribution < 1.29 is 9.59 Å². The number of nitrogens with zero attached hydrogens (tertiary/aromatic N) is 4. The predicted octanol–water partition coefficient (Wildman–Crippen LogP) is 4.02. The third-order valence-electron chi connectivity index (χ3n) is 6.06. The van der Waals surface area contributed by atoms with Gasteiger partial charge in [-0.25, -0.2) is 19.9 Å². The monoisotopic (exact) mass is 472 g/mol. The van der Waals surface area contributed by atoms with E-state index < -0.39 is 11.6 Å². The standard InChI is InChI=1S/C26H16N8O2/c35-25-21-22(32-18(14-6-2-10-28-14)17(31-21)13-5-1-9-27-13)26(36)24-23(25)33-19(15-7-3-11-29-15)20(34-24)16-8-4-12-30-16/h1-12,27-30H. The average molecular weight is 472 g/mol. The molecule has 10 nitrogen and oxygen atoms in total. The summed E-state index contributed by atoms with van der Waals surface area (Å²) >= 11 is 0. The number of H-pyrrole nitrogens is 4. The van der Waals surface area contributed by atoms with Crippen LogP contribution in [0.1, 0.15) is 32.4 Å². The van der Waals surface area contributed by atoms with Crippen LogP contribution in [0.15, 0.2) is 73.3 Å². The maximum absolute atomic E-state index is 13.7. The topological polar surface area (TPSA) is 149 Å². The second-order valence-electron chi connectivity index (χ2n) is 8.23. The number of ketones is 2. The summed E-state index contributed by atoms with van der Waals surface area (Å²) in [6.45, 7) is 0. The van der Waals surface area contributed by atoms with Crippen molar-refractivity contribution in [2.45, 2.75) is 0 Å². The fourth-order valence-corrected chi connectivity index (χ4v) is 4.39. The van der Waals surface area contributed by atoms with Gasteiger partial charge in [0.25, 0.3) is 0 Å². The van der Waals surface area contributed by atoms with Gasteiger partial charge in [0.1, 0.15) is 45.6 Å². The van der Waals surface area contributed by atoms with E-state index in [2.05, 4.69) is 39.9 Å². The molecule has 0 atom stereocenters. The fraction of sp³-hybridized carbons (Fsp3) is 0. The highest BCUT2D eigenvalue weighted by Crippen LogP contribution is 2.34. The molecular formula is C26H16N8O2. The lowest BCUT2D eigenvalue weighted by Gasteiger charge is -2.19. The SMILES string of the molecule is O=C1c2nc(-c3ccc[nH]3)c(-c3ccc[nH]3)nc2C(=O)c2nc(-c3ccc[nH]3)c(-c3ccc[nH]3)nc21. The second kappa shape index (κ2) is 7.57. The normalized spacial score (nSPS) is 12.6. The van der Waals surface area contributed by atoms with Crippen molar-refractivity contribution in [2.24, 2.45) is 0 Å². The maximum Gasteiger partial charge on any atom is 0.234 e. The first-order valence-electron chi connectivity index (χ1n) is 11.2. The molecule has 7 rings (SSSR count). The van der Waals surface area contributed by atoms with E-state index in [1.807, 2.05) is 48.5 Å². The van der Waals surface area contributed by atoms with Crippen molar-refractivity contribution in [3.05, 3.63) is 96.1 Å². The fourth-order valence-electron chi connectivity index (χ4n) is 4.39. The van der Waals surface area contributed by atoms with Gasteiger partial charge in [-0.1, -0.05) is 0 Å². The number of aromatic amines is 4. The molecule has 0 bridgehead atoms. The van der Waals surface area contributed by atoms with E-state index in [1.165, 1.54) is 0 Å². The molecule has 36 heavy (non-hydrogen) atoms. The molecule has 0 unspecified atom stereocenters. The molecule has 0 saturated carbocycles. The molecule has 6 heterocycles. The zero-order valence-electron chi connectivity index (χ0n) is 18.5. The van der Waals surface area contributed by atoms with E-state index in [-0.39, 0.29) is 22.8 Å². The van der Waals surface area contributed by atoms with Gasteiger partial charge in [0.2, 0.25) is 11.6 Å². The first kappa shape index (κ1) is 20.0. The Labute approximate surface area is 202 Å². The summed E-state index contributed by atoms with van der Waals surface area (Å²) in [6.07, 6.45) is 7.03. The van der Waals surface area contributed by atoms with E-state index in [4.69, 9.17) is 0 Å². The van der Waals surface area contributed by atoms with Crippen LogP contribution in [0.5, 0.6) is 0 Å². The van der Waals surface area contributed by atoms with Crippen molar-refractivity contribution in [3.8, 4) is 45.6 Å². The van der Waals surface area contributed by atoms with Crippen molar-refractivity contribution in [3.63, 3.8) is 0 Å². The zero-order valence-corrected chi connectivity index (χ0v) is 18.5. The Morgan fingerprint density at radius 3 is 0.833 bits per heavy atom. The summed E-state index contributed by atoms with van der Waals surface area (Å²) in [4.78, 5) is 58.4. The Morgan fingerprint density at radius 1 is 0.389 bits per heavy atom. The van der Waals surface area contributed by atoms with E-state index >= 15 is 0 Å². The first-order valence-corrected chi connectivity index (χ1v) is 11.2. The number of rotatable bonds is 4. The van der Waals surface area contributed by atoms with Gasteiger partial charge in [-0.3, -0.25) is 9.59 Å². The summed E-state index contributed by atoms with van der Waals surface area (Å²) < 4.78 is 0. The number of hydrogen-bond acceptors (Lipinski definition) is 6. The molecule has 0 radical (unpaired) electrons. The lowest BCUT2D eigenvalue weighted by Crippen LogP contribution is -2.27. The van der Waals surface area contributed by atoms with Crippen LogP contribution < -0.4 is 0 Å². The van der Waals surface area contributed by atoms with Crippen LogP contribution in [-0.2, 0) is 0 Å². The summed E-state index contributed by atoms with van der Waals surface area (Å²) in [7, 11) is 0. The number of hydrogen-bond donors (Lipinski definition) is 4. The average Bonchev–Trinajstić information content (AvgIpc) is 3.73. The molecule has 172 valence electrons. The van der Waals surface area contributed by atoms with Crippen LogP contribution >= 0.6 is 0 Å². The predicted molar refractivity (Wildman–Crippen MR) is 130 cm³/mol. The third-order valence-corrected chi connectivity index (χ3v) is 6.06. The van der Waals surface area contributed by atoms with E-state index in [9.17, 15) is 9.59 Å². The lowest BCUT2D eigenvalue weighted by atomic mass is 9.95. The molecule has 6 aromatic rings. The molecular weight excluding hydrogens is 456 g/mol. The van der Waals surface area contributed by atoms with E-state index in [1.54, 1.807) is 24.8 Å². The van der Waals surface area contributed by atoms with Crippen LogP contribution in [0.25, 0.3) is 45.6 Å². The third kappa shape index (κ3) is 2.91.